The Morgan fingerprint density at radius 3 is 1.46 bits per heavy atom. The molecule has 0 saturated heterocycles. The molecule has 3 aromatic rings. The molecule has 8 unspecified atom stereocenters. The Morgan fingerprint density at radius 2 is 1.00 bits per heavy atom. The summed E-state index contributed by atoms with van der Waals surface area (Å²) in [5.74, 6) is 7.18. The summed E-state index contributed by atoms with van der Waals surface area (Å²) in [5.41, 5.74) is 5.62. The van der Waals surface area contributed by atoms with Gasteiger partial charge in [0, 0.05) is 5.41 Å². The summed E-state index contributed by atoms with van der Waals surface area (Å²) in [5, 5.41) is 1.57. The maximum atomic E-state index is 4.81. The molecule has 52 heavy (non-hydrogen) atoms. The van der Waals surface area contributed by atoms with Gasteiger partial charge >= 0.3 is 0 Å². The van der Waals surface area contributed by atoms with Gasteiger partial charge < -0.3 is 0 Å². The molecule has 0 aliphatic heterocycles. The first-order valence-electron chi connectivity index (χ1n) is 21.5. The zero-order valence-corrected chi connectivity index (χ0v) is 35.3. The molecule has 0 radical (unpaired) electrons. The second-order valence-electron chi connectivity index (χ2n) is 21.3. The average molecular weight is 713 g/mol. The average Bonchev–Trinajstić information content (AvgIpc) is 3.71. The van der Waals surface area contributed by atoms with Crippen LogP contribution in [0, 0.1) is 64.1 Å². The van der Waals surface area contributed by atoms with Gasteiger partial charge in [-0.1, -0.05) is 156 Å². The molecule has 4 fully saturated rings. The van der Waals surface area contributed by atoms with E-state index in [0.29, 0.717) is 22.7 Å². The van der Waals surface area contributed by atoms with E-state index in [1.165, 1.54) is 75.8 Å². The second-order valence-corrected chi connectivity index (χ2v) is 26.0. The predicted molar refractivity (Wildman–Crippen MR) is 228 cm³/mol. The fraction of sp³-hybridized carbons (Fsp3) is 0.608. The second kappa shape index (κ2) is 14.7. The van der Waals surface area contributed by atoms with Crippen LogP contribution in [-0.2, 0) is 5.41 Å². The van der Waals surface area contributed by atoms with Gasteiger partial charge in [0.2, 0.25) is 0 Å². The van der Waals surface area contributed by atoms with Gasteiger partial charge in [-0.05, 0) is 145 Å². The van der Waals surface area contributed by atoms with Gasteiger partial charge in [-0.2, -0.15) is 0 Å². The van der Waals surface area contributed by atoms with Crippen molar-refractivity contribution in [3.8, 4) is 0 Å². The van der Waals surface area contributed by atoms with Gasteiger partial charge in [-0.25, -0.2) is 0 Å². The molecule has 0 amide bonds. The van der Waals surface area contributed by atoms with Crippen LogP contribution in [0.15, 0.2) is 103 Å². The summed E-state index contributed by atoms with van der Waals surface area (Å²) in [4.78, 5) is 0. The van der Waals surface area contributed by atoms with Crippen LogP contribution in [0.2, 0.25) is 19.1 Å². The highest BCUT2D eigenvalue weighted by atomic mass is 28.3. The Balaban J connectivity index is 1.28. The number of benzene rings is 3. The van der Waals surface area contributed by atoms with Gasteiger partial charge in [-0.15, -0.1) is 6.58 Å². The lowest BCUT2D eigenvalue weighted by Crippen LogP contribution is -2.48. The lowest BCUT2D eigenvalue weighted by Gasteiger charge is -2.52. The van der Waals surface area contributed by atoms with E-state index in [0.717, 1.165) is 41.4 Å². The van der Waals surface area contributed by atoms with Crippen LogP contribution in [-0.4, -0.2) is 8.07 Å². The molecule has 4 aliphatic rings. The molecular formula is C51H72Si. The Kier molecular flexibility index (Phi) is 10.7. The monoisotopic (exact) mass is 713 g/mol. The number of rotatable bonds is 9. The normalized spacial score (nSPS) is 31.2. The molecule has 4 saturated carbocycles. The van der Waals surface area contributed by atoms with Crippen LogP contribution in [0.4, 0.5) is 0 Å². The van der Waals surface area contributed by atoms with E-state index in [2.05, 4.69) is 146 Å². The summed E-state index contributed by atoms with van der Waals surface area (Å²) in [6, 6.07) is 36.8. The molecule has 8 atom stereocenters. The van der Waals surface area contributed by atoms with Crippen LogP contribution in [0.3, 0.4) is 0 Å². The van der Waals surface area contributed by atoms with Crippen LogP contribution in [0.1, 0.15) is 117 Å². The van der Waals surface area contributed by atoms with E-state index in [4.69, 9.17) is 6.58 Å². The maximum absolute atomic E-state index is 4.81. The van der Waals surface area contributed by atoms with Crippen molar-refractivity contribution in [2.24, 2.45) is 64.1 Å². The van der Waals surface area contributed by atoms with Gasteiger partial charge in [0.1, 0.15) is 0 Å². The minimum Gasteiger partial charge on any atom is -0.100 e. The molecule has 0 heterocycles. The lowest BCUT2D eigenvalue weighted by molar-refractivity contribution is 0.0542. The largest absolute Gasteiger partial charge is 0.100 e. The van der Waals surface area contributed by atoms with Gasteiger partial charge in [0.15, 0.2) is 0 Å². The molecule has 3 aromatic carbocycles. The van der Waals surface area contributed by atoms with E-state index in [-0.39, 0.29) is 5.41 Å². The van der Waals surface area contributed by atoms with Crippen molar-refractivity contribution in [1.82, 2.24) is 0 Å². The summed E-state index contributed by atoms with van der Waals surface area (Å²) in [7, 11) is -1.57. The minimum absolute atomic E-state index is 0.0577. The quantitative estimate of drug-likeness (QED) is 0.153. The van der Waals surface area contributed by atoms with Crippen molar-refractivity contribution >= 4 is 13.3 Å². The van der Waals surface area contributed by atoms with E-state index < -0.39 is 8.07 Å². The molecular weight excluding hydrogens is 641 g/mol. The van der Waals surface area contributed by atoms with Crippen LogP contribution < -0.4 is 5.19 Å². The van der Waals surface area contributed by atoms with Crippen LogP contribution in [0.25, 0.3) is 0 Å². The number of hydrogen-bond donors (Lipinski definition) is 0. The van der Waals surface area contributed by atoms with E-state index in [1.807, 2.05) is 0 Å². The van der Waals surface area contributed by atoms with E-state index in [1.54, 1.807) is 16.3 Å². The fourth-order valence-corrected chi connectivity index (χ4v) is 16.1. The highest BCUT2D eigenvalue weighted by Gasteiger charge is 2.63. The molecule has 0 bridgehead atoms. The molecule has 4 aliphatic carbocycles. The Morgan fingerprint density at radius 1 is 0.558 bits per heavy atom. The SMILES string of the molecule is C=C(CC1CCC(C(c2ccccc2)(c2ccccc2)C2C3CCC(C(C)(C)C)CC3C3CC(C(C)(C)C)CCC32)C1)C[Si](C)(C)c1ccccc1. The number of hydrogen-bond acceptors (Lipinski definition) is 0. The van der Waals surface area contributed by atoms with Crippen molar-refractivity contribution in [1.29, 1.82) is 0 Å². The summed E-state index contributed by atoms with van der Waals surface area (Å²) in [6.45, 7) is 25.1. The zero-order valence-electron chi connectivity index (χ0n) is 34.3. The first-order chi connectivity index (χ1) is 24.7. The maximum Gasteiger partial charge on any atom is 0.0845 e. The van der Waals surface area contributed by atoms with E-state index >= 15 is 0 Å². The summed E-state index contributed by atoms with van der Waals surface area (Å²) < 4.78 is 0. The lowest BCUT2D eigenvalue weighted by atomic mass is 9.51. The number of fused-ring (bicyclic) bond motifs is 3. The summed E-state index contributed by atoms with van der Waals surface area (Å²) >= 11 is 0. The molecule has 0 spiro atoms. The van der Waals surface area contributed by atoms with E-state index in [9.17, 15) is 0 Å². The van der Waals surface area contributed by atoms with Crippen molar-refractivity contribution in [2.75, 3.05) is 0 Å². The predicted octanol–water partition coefficient (Wildman–Crippen LogP) is 13.7. The highest BCUT2D eigenvalue weighted by molar-refractivity contribution is 6.90. The Labute approximate surface area is 320 Å². The zero-order chi connectivity index (χ0) is 36.9. The minimum atomic E-state index is -1.57. The molecule has 7 rings (SSSR count). The third-order valence-electron chi connectivity index (χ3n) is 15.9. The van der Waals surface area contributed by atoms with Crippen molar-refractivity contribution in [2.45, 2.75) is 130 Å². The van der Waals surface area contributed by atoms with Gasteiger partial charge in [0.25, 0.3) is 0 Å². The van der Waals surface area contributed by atoms with Crippen LogP contribution >= 0.6 is 0 Å². The highest BCUT2D eigenvalue weighted by Crippen LogP contribution is 2.69. The van der Waals surface area contributed by atoms with Gasteiger partial charge in [0.05, 0.1) is 8.07 Å². The first-order valence-corrected chi connectivity index (χ1v) is 24.7. The molecule has 280 valence electrons. The Hall–Kier alpha value is -2.38. The molecule has 0 aromatic heterocycles. The molecule has 0 nitrogen and oxygen atoms in total. The fourth-order valence-electron chi connectivity index (χ4n) is 13.4. The smallest absolute Gasteiger partial charge is 0.0845 e. The topological polar surface area (TPSA) is 0 Å². The van der Waals surface area contributed by atoms with Crippen molar-refractivity contribution in [3.05, 3.63) is 114 Å². The molecule has 0 N–H and O–H groups in total. The summed E-state index contributed by atoms with van der Waals surface area (Å²) in [6.07, 6.45) is 13.9. The van der Waals surface area contributed by atoms with Crippen LogP contribution in [0.5, 0.6) is 0 Å². The van der Waals surface area contributed by atoms with Crippen molar-refractivity contribution in [3.63, 3.8) is 0 Å². The Bertz CT molecular complexity index is 1540. The van der Waals surface area contributed by atoms with Gasteiger partial charge in [-0.3, -0.25) is 0 Å². The first kappa shape index (κ1) is 37.9. The van der Waals surface area contributed by atoms with Crippen molar-refractivity contribution < 1.29 is 0 Å². The third-order valence-corrected chi connectivity index (χ3v) is 19.2. The molecule has 1 heteroatoms. The third kappa shape index (κ3) is 7.23. The standard InChI is InChI=1S/C51H72Si/c1-36(35-52(8,9)43-23-17-12-18-24-43)31-37-25-26-42(32-37)51(38-19-13-10-14-20-38,39-21-15-11-16-22-39)48-44-29-27-40(49(2,3)4)33-46(44)47-34-41(50(5,6)7)28-30-45(47)48/h10-24,37,40-42,44-48H,1,25-35H2,2-9H3. The number of allylic oxidation sites excluding steroid dienone is 1.